The Bertz CT molecular complexity index is 1150. The van der Waals surface area contributed by atoms with Gasteiger partial charge in [-0.1, -0.05) is 37.8 Å². The summed E-state index contributed by atoms with van der Waals surface area (Å²) in [5.74, 6) is 0.625. The van der Waals surface area contributed by atoms with Gasteiger partial charge in [-0.05, 0) is 42.7 Å². The van der Waals surface area contributed by atoms with Crippen LogP contribution in [-0.2, 0) is 6.42 Å². The highest BCUT2D eigenvalue weighted by molar-refractivity contribution is 6.05. The van der Waals surface area contributed by atoms with E-state index in [0.29, 0.717) is 35.5 Å². The summed E-state index contributed by atoms with van der Waals surface area (Å²) in [5, 5.41) is 2.14. The number of ether oxygens (including phenoxy) is 2. The maximum absolute atomic E-state index is 13.3. The van der Waals surface area contributed by atoms with Gasteiger partial charge in [0.2, 0.25) is 0 Å². The van der Waals surface area contributed by atoms with E-state index < -0.39 is 0 Å². The van der Waals surface area contributed by atoms with Crippen LogP contribution >= 0.6 is 0 Å². The van der Waals surface area contributed by atoms with Gasteiger partial charge in [0.25, 0.3) is 0 Å². The Morgan fingerprint density at radius 1 is 1.17 bits per heavy atom. The summed E-state index contributed by atoms with van der Waals surface area (Å²) < 4.78 is 30.0. The molecule has 1 heterocycles. The fourth-order valence-electron chi connectivity index (χ4n) is 3.08. The van der Waals surface area contributed by atoms with Crippen molar-refractivity contribution in [1.29, 1.82) is 0 Å². The standard InChI is InChI=1S/C24H23FO4/c1-4-8-17(25)9-6-7-12-28-23-15-21-19(14-22(23)27-3)18-11-10-16(5-2)13-20(18)24(26)29-21/h4,6,8-11,13-15H,1,5,7,12H2,2-3H3/b9-6-,17-8+. The van der Waals surface area contributed by atoms with Crippen LogP contribution in [0.2, 0.25) is 0 Å². The molecular weight excluding hydrogens is 371 g/mol. The molecule has 2 aromatic carbocycles. The third-order valence-electron chi connectivity index (χ3n) is 4.57. The van der Waals surface area contributed by atoms with Crippen LogP contribution in [0, 0.1) is 0 Å². The zero-order valence-electron chi connectivity index (χ0n) is 16.5. The number of fused-ring (bicyclic) bond motifs is 3. The molecule has 4 nitrogen and oxygen atoms in total. The SMILES string of the molecule is C=C/C=C(F)\C=C/CCOc1cc2oc(=O)c3cc(CC)ccc3c2cc1OC. The number of rotatable bonds is 8. The fraction of sp³-hybridized carbons (Fsp3) is 0.208. The average molecular weight is 394 g/mol. The van der Waals surface area contributed by atoms with E-state index in [9.17, 15) is 9.18 Å². The molecule has 0 saturated carbocycles. The molecule has 3 rings (SSSR count). The van der Waals surface area contributed by atoms with Gasteiger partial charge in [0.1, 0.15) is 11.4 Å². The Morgan fingerprint density at radius 2 is 2.00 bits per heavy atom. The van der Waals surface area contributed by atoms with Crippen molar-refractivity contribution in [3.63, 3.8) is 0 Å². The average Bonchev–Trinajstić information content (AvgIpc) is 2.73. The molecule has 29 heavy (non-hydrogen) atoms. The molecule has 3 aromatic rings. The second-order valence-electron chi connectivity index (χ2n) is 6.45. The van der Waals surface area contributed by atoms with Crippen molar-refractivity contribution in [2.75, 3.05) is 13.7 Å². The minimum atomic E-state index is -0.383. The van der Waals surface area contributed by atoms with Crippen LogP contribution in [0.15, 0.2) is 76.3 Å². The topological polar surface area (TPSA) is 48.7 Å². The van der Waals surface area contributed by atoms with Crippen LogP contribution in [0.1, 0.15) is 18.9 Å². The predicted molar refractivity (Wildman–Crippen MR) is 115 cm³/mol. The molecule has 5 heteroatoms. The number of benzene rings is 2. The summed E-state index contributed by atoms with van der Waals surface area (Å²) >= 11 is 0. The molecule has 150 valence electrons. The summed E-state index contributed by atoms with van der Waals surface area (Å²) in [6, 6.07) is 9.27. The molecule has 0 aliphatic carbocycles. The molecule has 0 atom stereocenters. The maximum atomic E-state index is 13.3. The second-order valence-corrected chi connectivity index (χ2v) is 6.45. The number of allylic oxidation sites excluding steroid dienone is 4. The second kappa shape index (κ2) is 9.24. The molecule has 0 bridgehead atoms. The summed E-state index contributed by atoms with van der Waals surface area (Å²) in [6.45, 7) is 5.80. The quantitative estimate of drug-likeness (QED) is 0.207. The van der Waals surface area contributed by atoms with Crippen molar-refractivity contribution in [2.45, 2.75) is 19.8 Å². The summed E-state index contributed by atoms with van der Waals surface area (Å²) in [7, 11) is 1.56. The van der Waals surface area contributed by atoms with E-state index in [-0.39, 0.29) is 11.5 Å². The third-order valence-corrected chi connectivity index (χ3v) is 4.57. The molecule has 0 unspecified atom stereocenters. The molecule has 0 aliphatic rings. The Morgan fingerprint density at radius 3 is 2.72 bits per heavy atom. The van der Waals surface area contributed by atoms with Gasteiger partial charge in [0, 0.05) is 16.8 Å². The Kier molecular flexibility index (Phi) is 6.50. The highest BCUT2D eigenvalue weighted by Gasteiger charge is 2.13. The highest BCUT2D eigenvalue weighted by atomic mass is 19.1. The van der Waals surface area contributed by atoms with Crippen LogP contribution < -0.4 is 15.1 Å². The molecule has 1 aromatic heterocycles. The van der Waals surface area contributed by atoms with Gasteiger partial charge < -0.3 is 13.9 Å². The van der Waals surface area contributed by atoms with E-state index in [1.807, 2.05) is 31.2 Å². The summed E-state index contributed by atoms with van der Waals surface area (Å²) in [6.07, 6.45) is 7.03. The lowest BCUT2D eigenvalue weighted by atomic mass is 10.0. The van der Waals surface area contributed by atoms with Gasteiger partial charge in [-0.3, -0.25) is 0 Å². The van der Waals surface area contributed by atoms with Crippen molar-refractivity contribution < 1.29 is 18.3 Å². The molecule has 0 fully saturated rings. The lowest BCUT2D eigenvalue weighted by Crippen LogP contribution is -2.02. The molecular formula is C24H23FO4. The normalized spacial score (nSPS) is 12.0. The Hall–Kier alpha value is -3.34. The van der Waals surface area contributed by atoms with Crippen LogP contribution in [0.25, 0.3) is 21.7 Å². The van der Waals surface area contributed by atoms with Crippen molar-refractivity contribution in [1.82, 2.24) is 0 Å². The molecule has 0 radical (unpaired) electrons. The fourth-order valence-corrected chi connectivity index (χ4v) is 3.08. The molecule has 0 N–H and O–H groups in total. The minimum absolute atomic E-state index is 0.317. The maximum Gasteiger partial charge on any atom is 0.344 e. The first-order valence-corrected chi connectivity index (χ1v) is 9.42. The van der Waals surface area contributed by atoms with E-state index in [4.69, 9.17) is 13.9 Å². The smallest absolute Gasteiger partial charge is 0.344 e. The van der Waals surface area contributed by atoms with Gasteiger partial charge in [-0.2, -0.15) is 0 Å². The Balaban J connectivity index is 1.91. The van der Waals surface area contributed by atoms with E-state index in [0.717, 1.165) is 22.8 Å². The van der Waals surface area contributed by atoms with Gasteiger partial charge in [0.15, 0.2) is 11.5 Å². The van der Waals surface area contributed by atoms with Gasteiger partial charge in [0.05, 0.1) is 19.1 Å². The van der Waals surface area contributed by atoms with Gasteiger partial charge in [-0.25, -0.2) is 9.18 Å². The van der Waals surface area contributed by atoms with Crippen molar-refractivity contribution in [2.24, 2.45) is 0 Å². The molecule has 0 amide bonds. The molecule has 0 saturated heterocycles. The first kappa shape index (κ1) is 20.4. The largest absolute Gasteiger partial charge is 0.493 e. The number of methoxy groups -OCH3 is 1. The Labute approximate surface area is 168 Å². The first-order valence-electron chi connectivity index (χ1n) is 9.42. The van der Waals surface area contributed by atoms with Gasteiger partial charge in [-0.15, -0.1) is 0 Å². The van der Waals surface area contributed by atoms with Crippen molar-refractivity contribution in [3.8, 4) is 11.5 Å². The molecule has 0 spiro atoms. The van der Waals surface area contributed by atoms with Crippen LogP contribution in [0.5, 0.6) is 11.5 Å². The third kappa shape index (κ3) is 4.57. The van der Waals surface area contributed by atoms with E-state index in [2.05, 4.69) is 6.58 Å². The minimum Gasteiger partial charge on any atom is -0.493 e. The monoisotopic (exact) mass is 394 g/mol. The number of aryl methyl sites for hydroxylation is 1. The van der Waals surface area contributed by atoms with Crippen LogP contribution in [0.3, 0.4) is 0 Å². The zero-order valence-corrected chi connectivity index (χ0v) is 16.5. The lowest BCUT2D eigenvalue weighted by molar-refractivity contribution is 0.300. The number of halogens is 1. The molecule has 0 aliphatic heterocycles. The van der Waals surface area contributed by atoms with Crippen LogP contribution in [-0.4, -0.2) is 13.7 Å². The zero-order chi connectivity index (χ0) is 20.8. The van der Waals surface area contributed by atoms with E-state index in [1.165, 1.54) is 18.2 Å². The summed E-state index contributed by atoms with van der Waals surface area (Å²) in [5.41, 5.74) is 1.12. The van der Waals surface area contributed by atoms with E-state index in [1.54, 1.807) is 19.3 Å². The van der Waals surface area contributed by atoms with Gasteiger partial charge >= 0.3 is 5.63 Å². The number of hydrogen-bond donors (Lipinski definition) is 0. The lowest BCUT2D eigenvalue weighted by Gasteiger charge is -2.12. The first-order chi connectivity index (χ1) is 14.1. The van der Waals surface area contributed by atoms with Crippen molar-refractivity contribution in [3.05, 3.63) is 83.0 Å². The highest BCUT2D eigenvalue weighted by Crippen LogP contribution is 2.35. The van der Waals surface area contributed by atoms with Crippen LogP contribution in [0.4, 0.5) is 4.39 Å². The van der Waals surface area contributed by atoms with E-state index >= 15 is 0 Å². The number of hydrogen-bond acceptors (Lipinski definition) is 4. The van der Waals surface area contributed by atoms with Crippen molar-refractivity contribution >= 4 is 21.7 Å². The summed E-state index contributed by atoms with van der Waals surface area (Å²) in [4.78, 5) is 12.4. The predicted octanol–water partition coefficient (Wildman–Crippen LogP) is 5.88.